The van der Waals surface area contributed by atoms with Gasteiger partial charge in [-0.05, 0) is 60.4 Å². The maximum absolute atomic E-state index is 12.7. The van der Waals surface area contributed by atoms with Gasteiger partial charge >= 0.3 is 5.97 Å². The highest BCUT2D eigenvalue weighted by atomic mass is 16.5. The summed E-state index contributed by atoms with van der Waals surface area (Å²) in [5.74, 6) is -0.935. The van der Waals surface area contributed by atoms with Crippen molar-refractivity contribution in [2.45, 2.75) is 26.2 Å². The molecule has 3 rings (SSSR count). The fourth-order valence-electron chi connectivity index (χ4n) is 3.18. The van der Waals surface area contributed by atoms with Crippen LogP contribution in [0.25, 0.3) is 0 Å². The van der Waals surface area contributed by atoms with Gasteiger partial charge in [-0.15, -0.1) is 0 Å². The Bertz CT molecular complexity index is 1140. The highest BCUT2D eigenvalue weighted by molar-refractivity contribution is 6.10. The van der Waals surface area contributed by atoms with Crippen LogP contribution < -0.4 is 15.4 Å². The van der Waals surface area contributed by atoms with Crippen LogP contribution in [0.2, 0.25) is 0 Å². The molecule has 0 bridgehead atoms. The molecule has 33 heavy (non-hydrogen) atoms. The Morgan fingerprint density at radius 1 is 0.939 bits per heavy atom. The van der Waals surface area contributed by atoms with Crippen molar-refractivity contribution in [1.82, 2.24) is 0 Å². The van der Waals surface area contributed by atoms with Gasteiger partial charge in [-0.3, -0.25) is 9.59 Å². The molecule has 7 nitrogen and oxygen atoms in total. The van der Waals surface area contributed by atoms with Crippen molar-refractivity contribution >= 4 is 29.2 Å². The average molecular weight is 447 g/mol. The number of aromatic carboxylic acids is 1. The van der Waals surface area contributed by atoms with E-state index >= 15 is 0 Å². The Kier molecular flexibility index (Phi) is 7.81. The lowest BCUT2D eigenvalue weighted by molar-refractivity contribution is -0.118. The fourth-order valence-corrected chi connectivity index (χ4v) is 3.18. The van der Waals surface area contributed by atoms with E-state index in [0.717, 1.165) is 6.42 Å². The van der Waals surface area contributed by atoms with Gasteiger partial charge in [0.05, 0.1) is 16.8 Å². The zero-order valence-corrected chi connectivity index (χ0v) is 18.5. The number of hydrogen-bond acceptors (Lipinski definition) is 4. The summed E-state index contributed by atoms with van der Waals surface area (Å²) < 4.78 is 5.57. The Morgan fingerprint density at radius 3 is 2.36 bits per heavy atom. The van der Waals surface area contributed by atoms with E-state index in [-0.39, 0.29) is 17.7 Å². The Morgan fingerprint density at radius 2 is 1.67 bits per heavy atom. The molecule has 0 saturated heterocycles. The number of ether oxygens (including phenoxy) is 1. The molecule has 3 aromatic carbocycles. The average Bonchev–Trinajstić information content (AvgIpc) is 2.83. The third-order valence-corrected chi connectivity index (χ3v) is 5.24. The van der Waals surface area contributed by atoms with Gasteiger partial charge in [-0.25, -0.2) is 4.79 Å². The van der Waals surface area contributed by atoms with Crippen molar-refractivity contribution in [3.63, 3.8) is 0 Å². The first-order valence-corrected chi connectivity index (χ1v) is 10.6. The maximum Gasteiger partial charge on any atom is 0.335 e. The third-order valence-electron chi connectivity index (χ3n) is 5.24. The van der Waals surface area contributed by atoms with Crippen LogP contribution in [0.4, 0.5) is 11.4 Å². The first-order chi connectivity index (χ1) is 15.9. The van der Waals surface area contributed by atoms with Gasteiger partial charge in [0.25, 0.3) is 11.8 Å². The number of nitrogens with one attached hydrogen (secondary N) is 2. The number of carboxylic acids is 1. The van der Waals surface area contributed by atoms with Crippen molar-refractivity contribution in [3.05, 3.63) is 89.5 Å². The van der Waals surface area contributed by atoms with Gasteiger partial charge in [0.1, 0.15) is 5.75 Å². The van der Waals surface area contributed by atoms with Gasteiger partial charge in [-0.2, -0.15) is 0 Å². The van der Waals surface area contributed by atoms with Crippen LogP contribution in [-0.2, 0) is 4.79 Å². The molecule has 1 atom stereocenters. The van der Waals surface area contributed by atoms with Gasteiger partial charge in [-0.1, -0.05) is 44.2 Å². The van der Waals surface area contributed by atoms with Crippen LogP contribution >= 0.6 is 0 Å². The number of amides is 2. The summed E-state index contributed by atoms with van der Waals surface area (Å²) in [6.07, 6.45) is 1.04. The Balaban J connectivity index is 1.62. The quantitative estimate of drug-likeness (QED) is 0.421. The number of para-hydroxylation sites is 1. The number of rotatable bonds is 9. The smallest absolute Gasteiger partial charge is 0.335 e. The Labute approximate surface area is 192 Å². The van der Waals surface area contributed by atoms with Crippen molar-refractivity contribution in [3.8, 4) is 5.75 Å². The molecule has 3 aromatic rings. The van der Waals surface area contributed by atoms with Crippen LogP contribution in [0, 0.1) is 0 Å². The van der Waals surface area contributed by atoms with Gasteiger partial charge in [0.2, 0.25) is 0 Å². The standard InChI is InChI=1S/C26H26N2O5/c1-3-17(2)18-11-13-21(14-12-18)33-16-24(29)28-23-10-5-4-9-22(23)25(30)27-20-8-6-7-19(15-20)26(31)32/h4-15,17H,3,16H2,1-2H3,(H,27,30)(H,28,29)(H,31,32)/t17-/m1/s1. The molecule has 0 fully saturated rings. The first kappa shape index (κ1) is 23.5. The minimum absolute atomic E-state index is 0.0590. The highest BCUT2D eigenvalue weighted by Crippen LogP contribution is 2.22. The minimum Gasteiger partial charge on any atom is -0.484 e. The lowest BCUT2D eigenvalue weighted by Gasteiger charge is -2.13. The molecule has 0 aliphatic rings. The monoisotopic (exact) mass is 446 g/mol. The summed E-state index contributed by atoms with van der Waals surface area (Å²) in [6.45, 7) is 4.07. The van der Waals surface area contributed by atoms with Crippen LogP contribution in [-0.4, -0.2) is 29.5 Å². The molecule has 0 spiro atoms. The molecule has 3 N–H and O–H groups in total. The number of anilines is 2. The summed E-state index contributed by atoms with van der Waals surface area (Å²) >= 11 is 0. The molecule has 0 saturated carbocycles. The summed E-state index contributed by atoms with van der Waals surface area (Å²) in [4.78, 5) is 36.3. The first-order valence-electron chi connectivity index (χ1n) is 10.6. The third kappa shape index (κ3) is 6.43. The lowest BCUT2D eigenvalue weighted by Crippen LogP contribution is -2.22. The second-order valence-electron chi connectivity index (χ2n) is 7.60. The van der Waals surface area contributed by atoms with E-state index in [1.165, 1.54) is 17.7 Å². The second kappa shape index (κ2) is 10.9. The van der Waals surface area contributed by atoms with Crippen molar-refractivity contribution in [1.29, 1.82) is 0 Å². The topological polar surface area (TPSA) is 105 Å². The van der Waals surface area contributed by atoms with E-state index in [2.05, 4.69) is 24.5 Å². The lowest BCUT2D eigenvalue weighted by atomic mass is 9.99. The number of carbonyl (C=O) groups excluding carboxylic acids is 2. The van der Waals surface area contributed by atoms with Crippen LogP contribution in [0.5, 0.6) is 5.75 Å². The van der Waals surface area contributed by atoms with E-state index in [4.69, 9.17) is 9.84 Å². The van der Waals surface area contributed by atoms with Crippen molar-refractivity contribution in [2.24, 2.45) is 0 Å². The summed E-state index contributed by atoms with van der Waals surface area (Å²) in [7, 11) is 0. The SMILES string of the molecule is CC[C@@H](C)c1ccc(OCC(=O)Nc2ccccc2C(=O)Nc2cccc(C(=O)O)c2)cc1. The van der Waals surface area contributed by atoms with Gasteiger partial charge in [0.15, 0.2) is 6.61 Å². The Hall–Kier alpha value is -4.13. The zero-order chi connectivity index (χ0) is 23.8. The second-order valence-corrected chi connectivity index (χ2v) is 7.60. The van der Waals surface area contributed by atoms with E-state index in [9.17, 15) is 14.4 Å². The summed E-state index contributed by atoms with van der Waals surface area (Å²) in [5.41, 5.74) is 2.17. The predicted octanol–water partition coefficient (Wildman–Crippen LogP) is 5.17. The van der Waals surface area contributed by atoms with E-state index in [1.807, 2.05) is 24.3 Å². The van der Waals surface area contributed by atoms with Crippen molar-refractivity contribution < 1.29 is 24.2 Å². The molecular weight excluding hydrogens is 420 g/mol. The summed E-state index contributed by atoms with van der Waals surface area (Å²) in [6, 6.07) is 20.1. The molecule has 0 aliphatic heterocycles. The van der Waals surface area contributed by atoms with Crippen LogP contribution in [0.1, 0.15) is 52.5 Å². The molecule has 7 heteroatoms. The molecular formula is C26H26N2O5. The molecule has 0 aliphatic carbocycles. The molecule has 0 aromatic heterocycles. The van der Waals surface area contributed by atoms with E-state index in [1.54, 1.807) is 36.4 Å². The molecule has 0 radical (unpaired) electrons. The molecule has 0 unspecified atom stereocenters. The zero-order valence-electron chi connectivity index (χ0n) is 18.5. The molecule has 170 valence electrons. The maximum atomic E-state index is 12.7. The van der Waals surface area contributed by atoms with Crippen LogP contribution in [0.15, 0.2) is 72.8 Å². The van der Waals surface area contributed by atoms with E-state index in [0.29, 0.717) is 23.0 Å². The largest absolute Gasteiger partial charge is 0.484 e. The van der Waals surface area contributed by atoms with Crippen LogP contribution in [0.3, 0.4) is 0 Å². The minimum atomic E-state index is -1.09. The highest BCUT2D eigenvalue weighted by Gasteiger charge is 2.15. The van der Waals surface area contributed by atoms with Crippen molar-refractivity contribution in [2.75, 3.05) is 17.2 Å². The number of hydrogen-bond donors (Lipinski definition) is 3. The predicted molar refractivity (Wildman–Crippen MR) is 127 cm³/mol. The fraction of sp³-hybridized carbons (Fsp3) is 0.192. The number of benzene rings is 3. The van der Waals surface area contributed by atoms with E-state index < -0.39 is 17.8 Å². The van der Waals surface area contributed by atoms with Gasteiger partial charge in [0, 0.05) is 5.69 Å². The summed E-state index contributed by atoms with van der Waals surface area (Å²) in [5, 5.41) is 14.5. The normalized spacial score (nSPS) is 11.3. The number of carboxylic acid groups (broad SMARTS) is 1. The number of carbonyl (C=O) groups is 3. The molecule has 0 heterocycles. The van der Waals surface area contributed by atoms with Gasteiger partial charge < -0.3 is 20.5 Å². The molecule has 2 amide bonds.